The van der Waals surface area contributed by atoms with E-state index in [1.165, 1.54) is 12.1 Å². The van der Waals surface area contributed by atoms with Gasteiger partial charge < -0.3 is 5.43 Å². The van der Waals surface area contributed by atoms with Crippen molar-refractivity contribution in [3.05, 3.63) is 24.3 Å². The molecule has 6 heteroatoms. The molecule has 16 heavy (non-hydrogen) atoms. The molecule has 0 aliphatic heterocycles. The number of anilines is 1. The molecule has 0 heterocycles. The Labute approximate surface area is 95.1 Å². The van der Waals surface area contributed by atoms with E-state index in [2.05, 4.69) is 10.1 Å². The summed E-state index contributed by atoms with van der Waals surface area (Å²) in [4.78, 5) is 0.276. The van der Waals surface area contributed by atoms with Crippen LogP contribution in [-0.2, 0) is 10.0 Å². The third-order valence-corrected chi connectivity index (χ3v) is 4.29. The molecule has 0 amide bonds. The highest BCUT2D eigenvalue weighted by Gasteiger charge is 2.24. The van der Waals surface area contributed by atoms with Gasteiger partial charge in [0.05, 0.1) is 4.90 Å². The molecule has 0 aromatic heterocycles. The first kappa shape index (κ1) is 11.4. The smallest absolute Gasteiger partial charge is 0.240 e. The van der Waals surface area contributed by atoms with E-state index in [0.29, 0.717) is 5.69 Å². The zero-order valence-corrected chi connectivity index (χ0v) is 9.63. The fourth-order valence-electron chi connectivity index (χ4n) is 1.54. The lowest BCUT2D eigenvalue weighted by atomic mass is 9.94. The second-order valence-electron chi connectivity index (χ2n) is 3.92. The first-order valence-electron chi connectivity index (χ1n) is 5.21. The number of hydrogen-bond acceptors (Lipinski definition) is 4. The van der Waals surface area contributed by atoms with E-state index in [-0.39, 0.29) is 10.9 Å². The molecule has 1 aromatic carbocycles. The number of nitrogens with two attached hydrogens (primary N) is 1. The Morgan fingerprint density at radius 1 is 1.19 bits per heavy atom. The Hall–Kier alpha value is -1.11. The number of benzene rings is 1. The van der Waals surface area contributed by atoms with Gasteiger partial charge in [0.1, 0.15) is 0 Å². The van der Waals surface area contributed by atoms with Crippen molar-refractivity contribution >= 4 is 15.7 Å². The second kappa shape index (κ2) is 4.40. The highest BCUT2D eigenvalue weighted by Crippen LogP contribution is 2.21. The van der Waals surface area contributed by atoms with Crippen LogP contribution in [0, 0.1) is 0 Å². The van der Waals surface area contributed by atoms with Gasteiger partial charge in [0.25, 0.3) is 0 Å². The average Bonchev–Trinajstić information content (AvgIpc) is 2.24. The molecule has 2 rings (SSSR count). The minimum atomic E-state index is -3.36. The largest absolute Gasteiger partial charge is 0.324 e. The number of rotatable bonds is 4. The molecule has 0 unspecified atom stereocenters. The highest BCUT2D eigenvalue weighted by atomic mass is 32.2. The lowest BCUT2D eigenvalue weighted by Crippen LogP contribution is -2.39. The zero-order valence-electron chi connectivity index (χ0n) is 8.81. The Morgan fingerprint density at radius 2 is 1.81 bits per heavy atom. The van der Waals surface area contributed by atoms with Gasteiger partial charge >= 0.3 is 0 Å². The van der Waals surface area contributed by atoms with Crippen molar-refractivity contribution in [2.45, 2.75) is 30.2 Å². The maximum atomic E-state index is 11.9. The van der Waals surface area contributed by atoms with Crippen LogP contribution in [0.2, 0.25) is 0 Å². The van der Waals surface area contributed by atoms with Crippen LogP contribution in [-0.4, -0.2) is 14.5 Å². The van der Waals surface area contributed by atoms with Crippen LogP contribution in [0.25, 0.3) is 0 Å². The second-order valence-corrected chi connectivity index (χ2v) is 5.63. The third-order valence-electron chi connectivity index (χ3n) is 2.76. The molecular weight excluding hydrogens is 226 g/mol. The summed E-state index contributed by atoms with van der Waals surface area (Å²) in [5, 5.41) is 0. The molecule has 4 N–H and O–H groups in total. The fraction of sp³-hybridized carbons (Fsp3) is 0.400. The molecule has 5 nitrogen and oxygen atoms in total. The van der Waals surface area contributed by atoms with E-state index in [0.717, 1.165) is 19.3 Å². The molecular formula is C10H15N3O2S. The number of sulfonamides is 1. The molecule has 88 valence electrons. The van der Waals surface area contributed by atoms with Crippen LogP contribution in [0.1, 0.15) is 19.3 Å². The Balaban J connectivity index is 2.14. The lowest BCUT2D eigenvalue weighted by Gasteiger charge is -2.26. The van der Waals surface area contributed by atoms with Crippen LogP contribution < -0.4 is 16.0 Å². The average molecular weight is 241 g/mol. The SMILES string of the molecule is NNc1ccc(S(=O)(=O)NC2CCC2)cc1. The van der Waals surface area contributed by atoms with Gasteiger partial charge in [0.2, 0.25) is 10.0 Å². The summed E-state index contributed by atoms with van der Waals surface area (Å²) in [6.45, 7) is 0. The Morgan fingerprint density at radius 3 is 2.25 bits per heavy atom. The van der Waals surface area contributed by atoms with Gasteiger partial charge in [0, 0.05) is 11.7 Å². The van der Waals surface area contributed by atoms with Crippen molar-refractivity contribution in [2.75, 3.05) is 5.43 Å². The van der Waals surface area contributed by atoms with Crippen LogP contribution in [0.3, 0.4) is 0 Å². The summed E-state index contributed by atoms with van der Waals surface area (Å²) in [6.07, 6.45) is 2.96. The van der Waals surface area contributed by atoms with Crippen LogP contribution in [0.4, 0.5) is 5.69 Å². The minimum absolute atomic E-state index is 0.109. The van der Waals surface area contributed by atoms with E-state index >= 15 is 0 Å². The van der Waals surface area contributed by atoms with E-state index in [4.69, 9.17) is 5.84 Å². The lowest BCUT2D eigenvalue weighted by molar-refractivity contribution is 0.383. The molecule has 1 fully saturated rings. The predicted molar refractivity (Wildman–Crippen MR) is 62.2 cm³/mol. The molecule has 1 aliphatic rings. The molecule has 1 aromatic rings. The molecule has 0 radical (unpaired) electrons. The summed E-state index contributed by atoms with van der Waals surface area (Å²) < 4.78 is 26.4. The van der Waals surface area contributed by atoms with Crippen LogP contribution in [0.15, 0.2) is 29.2 Å². The van der Waals surface area contributed by atoms with Gasteiger partial charge in [-0.2, -0.15) is 0 Å². The van der Waals surface area contributed by atoms with Crippen molar-refractivity contribution in [3.8, 4) is 0 Å². The molecule has 0 bridgehead atoms. The standard InChI is InChI=1S/C10H15N3O2S/c11-12-8-4-6-10(7-5-8)16(14,15)13-9-2-1-3-9/h4-7,9,12-13H,1-3,11H2. The molecule has 0 atom stereocenters. The van der Waals surface area contributed by atoms with Crippen LogP contribution >= 0.6 is 0 Å². The third kappa shape index (κ3) is 2.34. The fourth-order valence-corrected chi connectivity index (χ4v) is 2.85. The molecule has 0 spiro atoms. The highest BCUT2D eigenvalue weighted by molar-refractivity contribution is 7.89. The van der Waals surface area contributed by atoms with Gasteiger partial charge in [-0.05, 0) is 37.1 Å². The number of nitrogens with one attached hydrogen (secondary N) is 2. The zero-order chi connectivity index (χ0) is 11.6. The number of nitrogen functional groups attached to an aromatic ring is 1. The minimum Gasteiger partial charge on any atom is -0.324 e. The first-order chi connectivity index (χ1) is 7.62. The van der Waals surface area contributed by atoms with Gasteiger partial charge in [-0.3, -0.25) is 5.84 Å². The maximum absolute atomic E-state index is 11.9. The normalized spacial score (nSPS) is 16.8. The van der Waals surface area contributed by atoms with Gasteiger partial charge in [-0.15, -0.1) is 0 Å². The van der Waals surface area contributed by atoms with Crippen molar-refractivity contribution < 1.29 is 8.42 Å². The quantitative estimate of drug-likeness (QED) is 0.538. The molecule has 1 saturated carbocycles. The molecule has 0 saturated heterocycles. The van der Waals surface area contributed by atoms with Crippen molar-refractivity contribution in [3.63, 3.8) is 0 Å². The van der Waals surface area contributed by atoms with E-state index in [1.54, 1.807) is 12.1 Å². The summed E-state index contributed by atoms with van der Waals surface area (Å²) in [7, 11) is -3.36. The predicted octanol–water partition coefficient (Wildman–Crippen LogP) is 0.803. The molecule has 1 aliphatic carbocycles. The van der Waals surface area contributed by atoms with Crippen molar-refractivity contribution in [1.29, 1.82) is 0 Å². The summed E-state index contributed by atoms with van der Waals surface area (Å²) in [5.41, 5.74) is 3.14. The Bertz CT molecular complexity index is 451. The monoisotopic (exact) mass is 241 g/mol. The van der Waals surface area contributed by atoms with E-state index in [1.807, 2.05) is 0 Å². The van der Waals surface area contributed by atoms with Gasteiger partial charge in [-0.25, -0.2) is 13.1 Å². The number of hydrogen-bond donors (Lipinski definition) is 3. The topological polar surface area (TPSA) is 84.2 Å². The summed E-state index contributed by atoms with van der Waals surface area (Å²) in [6, 6.07) is 6.45. The summed E-state index contributed by atoms with van der Waals surface area (Å²) >= 11 is 0. The first-order valence-corrected chi connectivity index (χ1v) is 6.69. The van der Waals surface area contributed by atoms with Gasteiger partial charge in [0.15, 0.2) is 0 Å². The maximum Gasteiger partial charge on any atom is 0.240 e. The van der Waals surface area contributed by atoms with Crippen molar-refractivity contribution in [1.82, 2.24) is 4.72 Å². The van der Waals surface area contributed by atoms with Crippen molar-refractivity contribution in [2.24, 2.45) is 5.84 Å². The van der Waals surface area contributed by atoms with E-state index in [9.17, 15) is 8.42 Å². The summed E-state index contributed by atoms with van der Waals surface area (Å²) in [5.74, 6) is 5.21. The van der Waals surface area contributed by atoms with Gasteiger partial charge in [-0.1, -0.05) is 6.42 Å². The Kier molecular flexibility index (Phi) is 3.13. The van der Waals surface area contributed by atoms with E-state index < -0.39 is 10.0 Å². The van der Waals surface area contributed by atoms with Crippen LogP contribution in [0.5, 0.6) is 0 Å². The number of hydrazine groups is 1.